The number of carbonyl (C=O) groups excluding carboxylic acids is 1. The number of ketones is 1. The predicted octanol–water partition coefficient (Wildman–Crippen LogP) is 11.5. The highest BCUT2D eigenvalue weighted by Gasteiger charge is 2.22. The van der Waals surface area contributed by atoms with E-state index in [0.29, 0.717) is 11.3 Å². The molecule has 0 aliphatic rings. The number of rotatable bonds is 6. The van der Waals surface area contributed by atoms with Crippen LogP contribution in [-0.4, -0.2) is 12.9 Å². The van der Waals surface area contributed by atoms with Gasteiger partial charge in [0.1, 0.15) is 16.9 Å². The fraction of sp³-hybridized carbons (Fsp3) is 0.0714. The summed E-state index contributed by atoms with van der Waals surface area (Å²) < 4.78 is 11.8. The number of Topliss-reactive ketones (excluding diaryl/α,β-unsaturated/α-hetero) is 1. The number of hydrogen-bond acceptors (Lipinski definition) is 4. The van der Waals surface area contributed by atoms with E-state index in [9.17, 15) is 4.79 Å². The van der Waals surface area contributed by atoms with Crippen molar-refractivity contribution in [3.63, 3.8) is 0 Å². The van der Waals surface area contributed by atoms with Gasteiger partial charge in [-0.1, -0.05) is 84.9 Å². The van der Waals surface area contributed by atoms with Crippen molar-refractivity contribution in [3.8, 4) is 0 Å². The molecule has 222 valence electrons. The van der Waals surface area contributed by atoms with Gasteiger partial charge in [-0.3, -0.25) is 4.79 Å². The zero-order valence-corrected chi connectivity index (χ0v) is 25.9. The molecule has 0 spiro atoms. The molecule has 1 heterocycles. The number of para-hydroxylation sites is 2. The van der Waals surface area contributed by atoms with Crippen molar-refractivity contribution in [2.75, 3.05) is 12.0 Å². The van der Waals surface area contributed by atoms with E-state index >= 15 is 0 Å². The second-order valence-corrected chi connectivity index (χ2v) is 11.6. The maximum atomic E-state index is 13.0. The molecule has 8 aromatic rings. The van der Waals surface area contributed by atoms with Gasteiger partial charge < -0.3 is 14.1 Å². The zero-order valence-electron chi connectivity index (χ0n) is 25.9. The van der Waals surface area contributed by atoms with Crippen molar-refractivity contribution in [1.82, 2.24) is 0 Å². The number of allylic oxidation sites excluding steroid dienone is 2. The first-order valence-corrected chi connectivity index (χ1v) is 15.4. The molecule has 0 saturated heterocycles. The van der Waals surface area contributed by atoms with Crippen molar-refractivity contribution in [1.29, 1.82) is 0 Å². The highest BCUT2D eigenvalue weighted by atomic mass is 16.5. The number of anilines is 3. The Bertz CT molecular complexity index is 2510. The highest BCUT2D eigenvalue weighted by Crippen LogP contribution is 2.46. The number of nitrogens with zero attached hydrogens (tertiary/aromatic N) is 1. The minimum absolute atomic E-state index is 0.0257. The van der Waals surface area contributed by atoms with Crippen molar-refractivity contribution in [3.05, 3.63) is 145 Å². The molecule has 46 heavy (non-hydrogen) atoms. The van der Waals surface area contributed by atoms with Gasteiger partial charge in [0.25, 0.3) is 0 Å². The number of furan rings is 1. The summed E-state index contributed by atoms with van der Waals surface area (Å²) >= 11 is 0. The van der Waals surface area contributed by atoms with E-state index in [1.165, 1.54) is 0 Å². The molecule has 0 saturated carbocycles. The van der Waals surface area contributed by atoms with Gasteiger partial charge in [-0.2, -0.15) is 0 Å². The normalized spacial score (nSPS) is 12.2. The van der Waals surface area contributed by atoms with E-state index in [4.69, 9.17) is 9.15 Å². The first-order chi connectivity index (χ1) is 22.5. The number of hydrogen-bond donors (Lipinski definition) is 0. The molecule has 4 nitrogen and oxygen atoms in total. The molecule has 0 unspecified atom stereocenters. The first kappa shape index (κ1) is 27.7. The Morgan fingerprint density at radius 2 is 1.13 bits per heavy atom. The summed E-state index contributed by atoms with van der Waals surface area (Å²) in [6.07, 6.45) is 0. The van der Waals surface area contributed by atoms with Gasteiger partial charge >= 0.3 is 0 Å². The number of benzene rings is 7. The van der Waals surface area contributed by atoms with Crippen LogP contribution < -0.4 is 4.90 Å². The fourth-order valence-corrected chi connectivity index (χ4v) is 6.91. The molecule has 1 aromatic heterocycles. The number of fused-ring (bicyclic) bond motifs is 8. The third-order valence-electron chi connectivity index (χ3n) is 9.01. The lowest BCUT2D eigenvalue weighted by Gasteiger charge is -2.28. The van der Waals surface area contributed by atoms with Crippen LogP contribution in [0.25, 0.3) is 59.8 Å². The Labute approximate surface area is 266 Å². The van der Waals surface area contributed by atoms with Crippen LogP contribution in [0.4, 0.5) is 17.1 Å². The topological polar surface area (TPSA) is 42.7 Å². The van der Waals surface area contributed by atoms with Crippen molar-refractivity contribution >= 4 is 82.7 Å². The van der Waals surface area contributed by atoms with Crippen LogP contribution >= 0.6 is 0 Å². The summed E-state index contributed by atoms with van der Waals surface area (Å²) in [5, 5.41) is 8.66. The summed E-state index contributed by atoms with van der Waals surface area (Å²) in [6.45, 7) is 3.46. The van der Waals surface area contributed by atoms with E-state index in [1.807, 2.05) is 31.2 Å². The lowest BCUT2D eigenvalue weighted by molar-refractivity contribution is -0.111. The van der Waals surface area contributed by atoms with Crippen molar-refractivity contribution in [2.45, 2.75) is 13.8 Å². The van der Waals surface area contributed by atoms with Crippen LogP contribution in [0.15, 0.2) is 144 Å². The lowest BCUT2D eigenvalue weighted by atomic mass is 9.88. The minimum atomic E-state index is -0.0257. The number of ether oxygens (including phenoxy) is 1. The Morgan fingerprint density at radius 3 is 1.85 bits per heavy atom. The second-order valence-electron chi connectivity index (χ2n) is 11.6. The van der Waals surface area contributed by atoms with Gasteiger partial charge in [-0.15, -0.1) is 0 Å². The molecule has 0 aliphatic heterocycles. The molecule has 8 rings (SSSR count). The van der Waals surface area contributed by atoms with E-state index in [0.717, 1.165) is 76.9 Å². The molecule has 0 N–H and O–H groups in total. The SMILES string of the molecule is CO/C(C)=C(\C(C)=O)c1cc2c3ccccc3c(N(c3ccccc3)c3ccc4oc5ccccc5c4c3)cc2c2ccccc12. The van der Waals surface area contributed by atoms with E-state index < -0.39 is 0 Å². The average Bonchev–Trinajstić information content (AvgIpc) is 3.47. The van der Waals surface area contributed by atoms with E-state index in [-0.39, 0.29) is 5.78 Å². The molecule has 0 amide bonds. The van der Waals surface area contributed by atoms with Crippen molar-refractivity contribution in [2.24, 2.45) is 0 Å². The van der Waals surface area contributed by atoms with Crippen LogP contribution in [-0.2, 0) is 9.53 Å². The van der Waals surface area contributed by atoms with Crippen LogP contribution in [0.2, 0.25) is 0 Å². The Balaban J connectivity index is 1.48. The van der Waals surface area contributed by atoms with Crippen LogP contribution in [0.3, 0.4) is 0 Å². The van der Waals surface area contributed by atoms with E-state index in [1.54, 1.807) is 14.0 Å². The molecule has 0 bridgehead atoms. The maximum Gasteiger partial charge on any atom is 0.163 e. The van der Waals surface area contributed by atoms with Gasteiger partial charge in [0.15, 0.2) is 5.78 Å². The van der Waals surface area contributed by atoms with Gasteiger partial charge in [0.05, 0.1) is 18.4 Å². The zero-order chi connectivity index (χ0) is 31.4. The molecular formula is C42H31NO3. The molecule has 0 fully saturated rings. The predicted molar refractivity (Wildman–Crippen MR) is 191 cm³/mol. The van der Waals surface area contributed by atoms with Crippen LogP contribution in [0.5, 0.6) is 0 Å². The molecular weight excluding hydrogens is 566 g/mol. The van der Waals surface area contributed by atoms with Gasteiger partial charge in [-0.05, 0) is 94.9 Å². The molecule has 0 aliphatic carbocycles. The molecule has 4 heteroatoms. The van der Waals surface area contributed by atoms with E-state index in [2.05, 4.69) is 114 Å². The molecule has 7 aromatic carbocycles. The monoisotopic (exact) mass is 597 g/mol. The van der Waals surface area contributed by atoms with Gasteiger partial charge in [-0.25, -0.2) is 0 Å². The third kappa shape index (κ3) is 4.33. The Hall–Kier alpha value is -5.87. The Morgan fingerprint density at radius 1 is 0.543 bits per heavy atom. The Kier molecular flexibility index (Phi) is 6.58. The highest BCUT2D eigenvalue weighted by molar-refractivity contribution is 6.29. The smallest absolute Gasteiger partial charge is 0.163 e. The summed E-state index contributed by atoms with van der Waals surface area (Å²) in [5.41, 5.74) is 6.37. The summed E-state index contributed by atoms with van der Waals surface area (Å²) in [7, 11) is 1.62. The summed E-state index contributed by atoms with van der Waals surface area (Å²) in [6, 6.07) is 46.4. The summed E-state index contributed by atoms with van der Waals surface area (Å²) in [5.74, 6) is 0.581. The summed E-state index contributed by atoms with van der Waals surface area (Å²) in [4.78, 5) is 15.4. The molecule has 0 atom stereocenters. The third-order valence-corrected chi connectivity index (χ3v) is 9.01. The standard InChI is InChI=1S/C42H31NO3/c1-26(44)42(27(2)45-3)38-24-35-32-17-9-10-18-33(32)39(25-36(35)30-15-7-8-16-31(30)38)43(28-13-5-4-6-14-28)29-21-22-41-37(23-29)34-19-11-12-20-40(34)46-41/h4-25H,1-3H3/b42-27+. The number of carbonyl (C=O) groups is 1. The second kappa shape index (κ2) is 10.9. The van der Waals surface area contributed by atoms with Crippen molar-refractivity contribution < 1.29 is 13.9 Å². The number of methoxy groups -OCH3 is 1. The first-order valence-electron chi connectivity index (χ1n) is 15.4. The van der Waals surface area contributed by atoms with Gasteiger partial charge in [0.2, 0.25) is 0 Å². The van der Waals surface area contributed by atoms with Crippen LogP contribution in [0, 0.1) is 0 Å². The average molecular weight is 598 g/mol. The lowest BCUT2D eigenvalue weighted by Crippen LogP contribution is -2.10. The fourth-order valence-electron chi connectivity index (χ4n) is 6.91. The van der Waals surface area contributed by atoms with Crippen LogP contribution in [0.1, 0.15) is 19.4 Å². The minimum Gasteiger partial charge on any atom is -0.501 e. The largest absolute Gasteiger partial charge is 0.501 e. The van der Waals surface area contributed by atoms with Gasteiger partial charge in [0, 0.05) is 27.5 Å². The molecule has 0 radical (unpaired) electrons. The maximum absolute atomic E-state index is 13.0. The quantitative estimate of drug-likeness (QED) is 0.109.